The Balaban J connectivity index is 1.82. The van der Waals surface area contributed by atoms with Crippen molar-refractivity contribution < 1.29 is 9.53 Å². The molecule has 0 bridgehead atoms. The number of nitrogens with one attached hydrogen (secondary N) is 2. The largest absolute Gasteiger partial charge is 0.493 e. The van der Waals surface area contributed by atoms with E-state index in [2.05, 4.69) is 10.3 Å². The van der Waals surface area contributed by atoms with Gasteiger partial charge in [-0.3, -0.25) is 4.79 Å². The average molecular weight is 256 g/mol. The molecule has 0 spiro atoms. The molecule has 3 rings (SSSR count). The van der Waals surface area contributed by atoms with Crippen molar-refractivity contribution >= 4 is 5.91 Å². The molecule has 0 saturated carbocycles. The van der Waals surface area contributed by atoms with Crippen LogP contribution in [-0.2, 0) is 0 Å². The van der Waals surface area contributed by atoms with Crippen LogP contribution in [0.15, 0.2) is 36.7 Å². The molecule has 1 unspecified atom stereocenters. The van der Waals surface area contributed by atoms with Crippen molar-refractivity contribution in [3.63, 3.8) is 0 Å². The SMILES string of the molecule is Cc1c[nH]cc1C(=O)NC1CCOc2ccccc21. The third-order valence-corrected chi connectivity index (χ3v) is 3.46. The lowest BCUT2D eigenvalue weighted by atomic mass is 10.00. The Morgan fingerprint density at radius 2 is 2.21 bits per heavy atom. The lowest BCUT2D eigenvalue weighted by molar-refractivity contribution is 0.0924. The van der Waals surface area contributed by atoms with E-state index in [9.17, 15) is 4.79 Å². The Hall–Kier alpha value is -2.23. The molecule has 2 N–H and O–H groups in total. The third-order valence-electron chi connectivity index (χ3n) is 3.46. The quantitative estimate of drug-likeness (QED) is 0.867. The highest BCUT2D eigenvalue weighted by molar-refractivity contribution is 5.95. The van der Waals surface area contributed by atoms with Gasteiger partial charge in [0.2, 0.25) is 0 Å². The first-order valence-corrected chi connectivity index (χ1v) is 6.41. The van der Waals surface area contributed by atoms with Crippen molar-refractivity contribution in [2.75, 3.05) is 6.61 Å². The summed E-state index contributed by atoms with van der Waals surface area (Å²) in [5.41, 5.74) is 2.71. The van der Waals surface area contributed by atoms with Gasteiger partial charge in [0.1, 0.15) is 5.75 Å². The minimum Gasteiger partial charge on any atom is -0.493 e. The van der Waals surface area contributed by atoms with Crippen molar-refractivity contribution in [1.29, 1.82) is 0 Å². The van der Waals surface area contributed by atoms with Gasteiger partial charge >= 0.3 is 0 Å². The second-order valence-corrected chi connectivity index (χ2v) is 4.75. The number of aryl methyl sites for hydroxylation is 1. The van der Waals surface area contributed by atoms with Gasteiger partial charge in [-0.05, 0) is 18.6 Å². The Morgan fingerprint density at radius 3 is 3.00 bits per heavy atom. The van der Waals surface area contributed by atoms with Crippen LogP contribution in [0, 0.1) is 6.92 Å². The van der Waals surface area contributed by atoms with Crippen molar-refractivity contribution in [3.05, 3.63) is 53.3 Å². The van der Waals surface area contributed by atoms with Crippen LogP contribution in [0.4, 0.5) is 0 Å². The molecule has 0 saturated heterocycles. The molecule has 0 fully saturated rings. The maximum absolute atomic E-state index is 12.2. The van der Waals surface area contributed by atoms with Crippen LogP contribution >= 0.6 is 0 Å². The Labute approximate surface area is 111 Å². The third kappa shape index (κ3) is 2.21. The zero-order valence-electron chi connectivity index (χ0n) is 10.8. The summed E-state index contributed by atoms with van der Waals surface area (Å²) in [6, 6.07) is 7.87. The van der Waals surface area contributed by atoms with Crippen molar-refractivity contribution in [3.8, 4) is 5.75 Å². The van der Waals surface area contributed by atoms with E-state index in [-0.39, 0.29) is 11.9 Å². The number of amides is 1. The number of hydrogen-bond acceptors (Lipinski definition) is 2. The number of ether oxygens (including phenoxy) is 1. The van der Waals surface area contributed by atoms with Gasteiger partial charge in [-0.25, -0.2) is 0 Å². The molecular weight excluding hydrogens is 240 g/mol. The van der Waals surface area contributed by atoms with Gasteiger partial charge in [0, 0.05) is 24.4 Å². The van der Waals surface area contributed by atoms with Crippen LogP contribution in [0.25, 0.3) is 0 Å². The maximum Gasteiger partial charge on any atom is 0.253 e. The number of aromatic amines is 1. The molecule has 1 amide bonds. The van der Waals surface area contributed by atoms with Crippen LogP contribution in [0.2, 0.25) is 0 Å². The molecule has 1 atom stereocenters. The van der Waals surface area contributed by atoms with Crippen molar-refractivity contribution in [2.45, 2.75) is 19.4 Å². The summed E-state index contributed by atoms with van der Waals surface area (Å²) >= 11 is 0. The van der Waals surface area contributed by atoms with E-state index in [0.717, 1.165) is 23.3 Å². The topological polar surface area (TPSA) is 54.1 Å². The fourth-order valence-corrected chi connectivity index (χ4v) is 2.41. The number of benzene rings is 1. The fourth-order valence-electron chi connectivity index (χ4n) is 2.41. The highest BCUT2D eigenvalue weighted by atomic mass is 16.5. The minimum atomic E-state index is -0.0412. The molecule has 2 aromatic rings. The van der Waals surface area contributed by atoms with Gasteiger partial charge in [0.15, 0.2) is 0 Å². The summed E-state index contributed by atoms with van der Waals surface area (Å²) in [6.07, 6.45) is 4.36. The summed E-state index contributed by atoms with van der Waals surface area (Å²) in [4.78, 5) is 15.2. The summed E-state index contributed by atoms with van der Waals surface area (Å²) in [5.74, 6) is 0.824. The van der Waals surface area contributed by atoms with Crippen molar-refractivity contribution in [2.24, 2.45) is 0 Å². The summed E-state index contributed by atoms with van der Waals surface area (Å²) in [6.45, 7) is 2.55. The van der Waals surface area contributed by atoms with Gasteiger partial charge in [0.05, 0.1) is 18.2 Å². The first-order valence-electron chi connectivity index (χ1n) is 6.41. The van der Waals surface area contributed by atoms with E-state index in [1.54, 1.807) is 6.20 Å². The lowest BCUT2D eigenvalue weighted by Crippen LogP contribution is -2.32. The molecule has 1 aliphatic heterocycles. The number of fused-ring (bicyclic) bond motifs is 1. The maximum atomic E-state index is 12.2. The molecule has 4 nitrogen and oxygen atoms in total. The number of hydrogen-bond donors (Lipinski definition) is 2. The molecule has 98 valence electrons. The molecule has 0 radical (unpaired) electrons. The highest BCUT2D eigenvalue weighted by Crippen LogP contribution is 2.31. The van der Waals surface area contributed by atoms with Gasteiger partial charge in [-0.1, -0.05) is 18.2 Å². The zero-order valence-corrected chi connectivity index (χ0v) is 10.8. The fraction of sp³-hybridized carbons (Fsp3) is 0.267. The van der Waals surface area contributed by atoms with Crippen LogP contribution in [0.1, 0.15) is 33.9 Å². The molecule has 2 heterocycles. The van der Waals surface area contributed by atoms with Crippen LogP contribution < -0.4 is 10.1 Å². The van der Waals surface area contributed by atoms with Gasteiger partial charge in [-0.15, -0.1) is 0 Å². The highest BCUT2D eigenvalue weighted by Gasteiger charge is 2.23. The first-order chi connectivity index (χ1) is 9.25. The van der Waals surface area contributed by atoms with E-state index < -0.39 is 0 Å². The van der Waals surface area contributed by atoms with E-state index >= 15 is 0 Å². The molecule has 4 heteroatoms. The number of rotatable bonds is 2. The van der Waals surface area contributed by atoms with Crippen LogP contribution in [0.3, 0.4) is 0 Å². The van der Waals surface area contributed by atoms with Crippen molar-refractivity contribution in [1.82, 2.24) is 10.3 Å². The first kappa shape index (κ1) is 11.8. The summed E-state index contributed by atoms with van der Waals surface area (Å²) in [7, 11) is 0. The number of H-pyrrole nitrogens is 1. The van der Waals surface area contributed by atoms with E-state index in [1.807, 2.05) is 37.4 Å². The Bertz CT molecular complexity index is 604. The van der Waals surface area contributed by atoms with E-state index in [1.165, 1.54) is 0 Å². The Morgan fingerprint density at radius 1 is 1.37 bits per heavy atom. The predicted octanol–water partition coefficient (Wildman–Crippen LogP) is 2.58. The van der Waals surface area contributed by atoms with Crippen LogP contribution in [0.5, 0.6) is 5.75 Å². The molecule has 1 aromatic carbocycles. The van der Waals surface area contributed by atoms with Gasteiger partial charge in [0.25, 0.3) is 5.91 Å². The minimum absolute atomic E-state index is 0.0201. The predicted molar refractivity (Wildman–Crippen MR) is 72.3 cm³/mol. The standard InChI is InChI=1S/C15H16N2O2/c1-10-8-16-9-12(10)15(18)17-13-6-7-19-14-5-3-2-4-11(13)14/h2-5,8-9,13,16H,6-7H2,1H3,(H,17,18). The molecule has 19 heavy (non-hydrogen) atoms. The molecule has 1 aliphatic rings. The van der Waals surface area contributed by atoms with E-state index in [0.29, 0.717) is 12.2 Å². The van der Waals surface area contributed by atoms with Gasteiger partial charge in [-0.2, -0.15) is 0 Å². The zero-order chi connectivity index (χ0) is 13.2. The van der Waals surface area contributed by atoms with Gasteiger partial charge < -0.3 is 15.0 Å². The second-order valence-electron chi connectivity index (χ2n) is 4.75. The smallest absolute Gasteiger partial charge is 0.253 e. The number of carbonyl (C=O) groups excluding carboxylic acids is 1. The average Bonchev–Trinajstić information content (AvgIpc) is 2.85. The number of carbonyl (C=O) groups is 1. The summed E-state index contributed by atoms with van der Waals surface area (Å²) < 4.78 is 5.59. The summed E-state index contributed by atoms with van der Waals surface area (Å²) in [5, 5.41) is 3.08. The molecule has 1 aromatic heterocycles. The number of para-hydroxylation sites is 1. The van der Waals surface area contributed by atoms with Crippen LogP contribution in [-0.4, -0.2) is 17.5 Å². The van der Waals surface area contributed by atoms with E-state index in [4.69, 9.17) is 4.74 Å². The molecular formula is C15H16N2O2. The normalized spacial score (nSPS) is 17.4. The lowest BCUT2D eigenvalue weighted by Gasteiger charge is -2.26. The molecule has 0 aliphatic carbocycles. The Kier molecular flexibility index (Phi) is 2.99. The number of aromatic nitrogens is 1. The monoisotopic (exact) mass is 256 g/mol. The second kappa shape index (κ2) is 4.80.